The van der Waals surface area contributed by atoms with Crippen molar-refractivity contribution in [1.29, 1.82) is 0 Å². The van der Waals surface area contributed by atoms with Gasteiger partial charge in [0.2, 0.25) is 5.91 Å². The normalized spacial score (nSPS) is 14.3. The summed E-state index contributed by atoms with van der Waals surface area (Å²) in [4.78, 5) is 32.4. The third-order valence-corrected chi connectivity index (χ3v) is 5.82. The molecule has 0 atom stereocenters. The standard InChI is InChI=1S/C22H23N3O3S/c1-15-11-16(2)13-17(12-15)25-21(27)18-5-3-4-6-19(18)23-22(25)29-14-20(26)24-7-9-28-10-8-24/h3-6,11-13H,7-10,14H2,1-2H3. The molecule has 1 aliphatic rings. The van der Waals surface area contributed by atoms with Crippen molar-refractivity contribution in [3.63, 3.8) is 0 Å². The lowest BCUT2D eigenvalue weighted by Crippen LogP contribution is -2.41. The summed E-state index contributed by atoms with van der Waals surface area (Å²) >= 11 is 1.30. The van der Waals surface area contributed by atoms with Gasteiger partial charge in [-0.2, -0.15) is 0 Å². The molecule has 1 aromatic heterocycles. The molecule has 29 heavy (non-hydrogen) atoms. The molecule has 0 N–H and O–H groups in total. The second-order valence-electron chi connectivity index (χ2n) is 7.18. The highest BCUT2D eigenvalue weighted by Gasteiger charge is 2.19. The Morgan fingerprint density at radius 3 is 2.52 bits per heavy atom. The van der Waals surface area contributed by atoms with E-state index < -0.39 is 0 Å². The first-order valence-corrected chi connectivity index (χ1v) is 10.6. The lowest BCUT2D eigenvalue weighted by atomic mass is 10.1. The van der Waals surface area contributed by atoms with Gasteiger partial charge in [-0.25, -0.2) is 4.98 Å². The maximum Gasteiger partial charge on any atom is 0.266 e. The molecule has 2 heterocycles. The number of benzene rings is 2. The van der Waals surface area contributed by atoms with Gasteiger partial charge in [-0.3, -0.25) is 14.2 Å². The predicted molar refractivity (Wildman–Crippen MR) is 115 cm³/mol. The van der Waals surface area contributed by atoms with Crippen molar-refractivity contribution in [2.24, 2.45) is 0 Å². The molecule has 3 aromatic rings. The van der Waals surface area contributed by atoms with E-state index in [1.807, 2.05) is 44.2 Å². The first kappa shape index (κ1) is 19.7. The Morgan fingerprint density at radius 2 is 1.79 bits per heavy atom. The lowest BCUT2D eigenvalue weighted by Gasteiger charge is -2.26. The molecule has 0 bridgehead atoms. The Hall–Kier alpha value is -2.64. The van der Waals surface area contributed by atoms with Gasteiger partial charge in [0.1, 0.15) is 0 Å². The molecule has 0 spiro atoms. The monoisotopic (exact) mass is 409 g/mol. The summed E-state index contributed by atoms with van der Waals surface area (Å²) in [5.74, 6) is 0.267. The zero-order valence-electron chi connectivity index (χ0n) is 16.6. The van der Waals surface area contributed by atoms with Crippen LogP contribution in [0.5, 0.6) is 0 Å². The van der Waals surface area contributed by atoms with Gasteiger partial charge in [0, 0.05) is 13.1 Å². The van der Waals surface area contributed by atoms with Crippen LogP contribution < -0.4 is 5.56 Å². The molecule has 6 nitrogen and oxygen atoms in total. The van der Waals surface area contributed by atoms with Gasteiger partial charge < -0.3 is 9.64 Å². The molecule has 7 heteroatoms. The van der Waals surface area contributed by atoms with Crippen molar-refractivity contribution in [2.45, 2.75) is 19.0 Å². The molecular formula is C22H23N3O3S. The first-order valence-electron chi connectivity index (χ1n) is 9.62. The number of hydrogen-bond acceptors (Lipinski definition) is 5. The van der Waals surface area contributed by atoms with Crippen molar-refractivity contribution in [3.8, 4) is 5.69 Å². The van der Waals surface area contributed by atoms with Crippen LogP contribution in [0.2, 0.25) is 0 Å². The highest BCUT2D eigenvalue weighted by Crippen LogP contribution is 2.23. The van der Waals surface area contributed by atoms with E-state index in [1.54, 1.807) is 15.5 Å². The fourth-order valence-electron chi connectivity index (χ4n) is 3.55. The number of ether oxygens (including phenoxy) is 1. The second-order valence-corrected chi connectivity index (χ2v) is 8.12. The molecule has 1 saturated heterocycles. The number of morpholine rings is 1. The van der Waals surface area contributed by atoms with E-state index in [-0.39, 0.29) is 17.2 Å². The summed E-state index contributed by atoms with van der Waals surface area (Å²) in [6, 6.07) is 13.3. The van der Waals surface area contributed by atoms with Crippen molar-refractivity contribution in [3.05, 3.63) is 63.9 Å². The second kappa shape index (κ2) is 8.39. The van der Waals surface area contributed by atoms with Crippen LogP contribution in [0.3, 0.4) is 0 Å². The molecule has 1 fully saturated rings. The van der Waals surface area contributed by atoms with Crippen LogP contribution in [0, 0.1) is 13.8 Å². The average Bonchev–Trinajstić information content (AvgIpc) is 2.72. The fourth-order valence-corrected chi connectivity index (χ4v) is 4.46. The minimum atomic E-state index is -0.123. The first-order chi connectivity index (χ1) is 14.0. The number of amides is 1. The van der Waals surface area contributed by atoms with Gasteiger partial charge in [-0.05, 0) is 49.2 Å². The van der Waals surface area contributed by atoms with Crippen LogP contribution in [-0.2, 0) is 9.53 Å². The molecule has 2 aromatic carbocycles. The molecule has 0 unspecified atom stereocenters. The third-order valence-electron chi connectivity index (χ3n) is 4.90. The Morgan fingerprint density at radius 1 is 1.10 bits per heavy atom. The Kier molecular flexibility index (Phi) is 5.69. The molecule has 4 rings (SSSR count). The van der Waals surface area contributed by atoms with Gasteiger partial charge in [0.05, 0.1) is 35.6 Å². The summed E-state index contributed by atoms with van der Waals surface area (Å²) in [6.45, 7) is 6.36. The molecule has 0 saturated carbocycles. The number of rotatable bonds is 4. The number of hydrogen-bond donors (Lipinski definition) is 0. The van der Waals surface area contributed by atoms with Crippen LogP contribution in [0.1, 0.15) is 11.1 Å². The van der Waals surface area contributed by atoms with Crippen LogP contribution in [-0.4, -0.2) is 52.4 Å². The van der Waals surface area contributed by atoms with E-state index in [1.165, 1.54) is 11.8 Å². The summed E-state index contributed by atoms with van der Waals surface area (Å²) in [5.41, 5.74) is 3.43. The van der Waals surface area contributed by atoms with Crippen LogP contribution >= 0.6 is 11.8 Å². The summed E-state index contributed by atoms with van der Waals surface area (Å²) < 4.78 is 6.94. The number of nitrogens with zero attached hydrogens (tertiary/aromatic N) is 3. The number of carbonyl (C=O) groups excluding carboxylic acids is 1. The average molecular weight is 410 g/mol. The van der Waals surface area contributed by atoms with Gasteiger partial charge in [-0.15, -0.1) is 0 Å². The number of para-hydroxylation sites is 1. The van der Waals surface area contributed by atoms with Gasteiger partial charge >= 0.3 is 0 Å². The Bertz CT molecular complexity index is 1100. The van der Waals surface area contributed by atoms with Crippen molar-refractivity contribution in [2.75, 3.05) is 32.1 Å². The molecule has 0 radical (unpaired) electrons. The minimum Gasteiger partial charge on any atom is -0.378 e. The van der Waals surface area contributed by atoms with E-state index >= 15 is 0 Å². The molecule has 1 amide bonds. The number of aromatic nitrogens is 2. The molecule has 0 aliphatic carbocycles. The topological polar surface area (TPSA) is 64.4 Å². The smallest absolute Gasteiger partial charge is 0.266 e. The summed E-state index contributed by atoms with van der Waals surface area (Å²) in [7, 11) is 0. The number of fused-ring (bicyclic) bond motifs is 1. The fraction of sp³-hybridized carbons (Fsp3) is 0.318. The van der Waals surface area contributed by atoms with Gasteiger partial charge in [0.15, 0.2) is 5.16 Å². The van der Waals surface area contributed by atoms with Crippen molar-refractivity contribution >= 4 is 28.6 Å². The Labute approximate surface area is 173 Å². The van der Waals surface area contributed by atoms with Gasteiger partial charge in [-0.1, -0.05) is 30.0 Å². The Balaban J connectivity index is 1.75. The quantitative estimate of drug-likeness (QED) is 0.490. The van der Waals surface area contributed by atoms with E-state index in [4.69, 9.17) is 9.72 Å². The van der Waals surface area contributed by atoms with Crippen LogP contribution in [0.15, 0.2) is 52.4 Å². The minimum absolute atomic E-state index is 0.0349. The van der Waals surface area contributed by atoms with E-state index in [0.29, 0.717) is 42.4 Å². The van der Waals surface area contributed by atoms with Crippen molar-refractivity contribution in [1.82, 2.24) is 14.5 Å². The third kappa shape index (κ3) is 4.21. The maximum atomic E-state index is 13.3. The zero-order valence-corrected chi connectivity index (χ0v) is 17.4. The molecular weight excluding hydrogens is 386 g/mol. The maximum absolute atomic E-state index is 13.3. The number of aryl methyl sites for hydroxylation is 2. The summed E-state index contributed by atoms with van der Waals surface area (Å²) in [5, 5.41) is 1.09. The lowest BCUT2D eigenvalue weighted by molar-refractivity contribution is -0.132. The van der Waals surface area contributed by atoms with Crippen LogP contribution in [0.4, 0.5) is 0 Å². The summed E-state index contributed by atoms with van der Waals surface area (Å²) in [6.07, 6.45) is 0. The molecule has 150 valence electrons. The van der Waals surface area contributed by atoms with Crippen LogP contribution in [0.25, 0.3) is 16.6 Å². The van der Waals surface area contributed by atoms with Gasteiger partial charge in [0.25, 0.3) is 5.56 Å². The predicted octanol–water partition coefficient (Wildman–Crippen LogP) is 2.95. The number of thioether (sulfide) groups is 1. The largest absolute Gasteiger partial charge is 0.378 e. The van der Waals surface area contributed by atoms with E-state index in [0.717, 1.165) is 16.8 Å². The zero-order chi connectivity index (χ0) is 20.4. The molecule has 1 aliphatic heterocycles. The highest BCUT2D eigenvalue weighted by atomic mass is 32.2. The highest BCUT2D eigenvalue weighted by molar-refractivity contribution is 7.99. The van der Waals surface area contributed by atoms with E-state index in [9.17, 15) is 9.59 Å². The SMILES string of the molecule is Cc1cc(C)cc(-n2c(SCC(=O)N3CCOCC3)nc3ccccc3c2=O)c1. The number of carbonyl (C=O) groups is 1. The van der Waals surface area contributed by atoms with E-state index in [2.05, 4.69) is 6.07 Å². The van der Waals surface area contributed by atoms with Crippen molar-refractivity contribution < 1.29 is 9.53 Å².